The molecule has 0 unspecified atom stereocenters. The molecule has 0 radical (unpaired) electrons. The zero-order chi connectivity index (χ0) is 4.28. The summed E-state index contributed by atoms with van der Waals surface area (Å²) >= 11 is 0. The predicted molar refractivity (Wildman–Crippen MR) is 30.2 cm³/mol. The van der Waals surface area contributed by atoms with Crippen molar-refractivity contribution in [3.05, 3.63) is 0 Å². The molecule has 0 aromatic rings. The molecule has 0 aliphatic rings. The van der Waals surface area contributed by atoms with Crippen LogP contribution in [0, 0.1) is 5.18 Å². The lowest BCUT2D eigenvalue weighted by Gasteiger charge is -1.57. The fourth-order valence-electron chi connectivity index (χ4n) is 0. The van der Waals surface area contributed by atoms with E-state index < -0.39 is 0 Å². The average molecular weight is 88.2 g/mol. The van der Waals surface area contributed by atoms with Gasteiger partial charge in [0, 0.05) is 0 Å². The van der Waals surface area contributed by atoms with E-state index in [-0.39, 0.29) is 9.89 Å². The molecule has 0 aromatic heterocycles. The van der Waals surface area contributed by atoms with Crippen molar-refractivity contribution in [3.63, 3.8) is 0 Å². The summed E-state index contributed by atoms with van der Waals surface area (Å²) < 4.78 is 0. The Bertz CT molecular complexity index is 122. The SMILES string of the molecule is C=S(C)#CC. The molecule has 0 bridgehead atoms. The Kier molecular flexibility index (Phi) is 2.07. The lowest BCUT2D eigenvalue weighted by Crippen LogP contribution is -1.30. The second-order valence-corrected chi connectivity index (χ2v) is 2.52. The van der Waals surface area contributed by atoms with Gasteiger partial charge in [0.2, 0.25) is 0 Å². The van der Waals surface area contributed by atoms with Gasteiger partial charge in [-0.15, -0.1) is 5.18 Å². The lowest BCUT2D eigenvalue weighted by atomic mass is 11.0. The van der Waals surface area contributed by atoms with Crippen molar-refractivity contribution >= 4 is 15.8 Å². The molecule has 1 heteroatoms. The van der Waals surface area contributed by atoms with Crippen molar-refractivity contribution in [2.75, 3.05) is 6.26 Å². The van der Waals surface area contributed by atoms with E-state index in [1.807, 2.05) is 13.2 Å². The molecule has 0 aromatic carbocycles. The Labute approximate surface area is 35.0 Å². The molecule has 0 rings (SSSR count). The Morgan fingerprint density at radius 3 is 2.00 bits per heavy atom. The minimum Gasteiger partial charge on any atom is -0.193 e. The molecule has 30 valence electrons. The Balaban J connectivity index is 3.99. The average Bonchev–Trinajstić information content (AvgIpc) is 1.38. The van der Waals surface area contributed by atoms with Gasteiger partial charge in [-0.3, -0.25) is 0 Å². The first kappa shape index (κ1) is 4.87. The predicted octanol–water partition coefficient (Wildman–Crippen LogP) is 1.30. The third-order valence-electron chi connectivity index (χ3n) is 0.348. The molecule has 0 spiro atoms. The van der Waals surface area contributed by atoms with Gasteiger partial charge in [-0.2, -0.15) is 9.89 Å². The molecule has 0 heterocycles. The largest absolute Gasteiger partial charge is 0.193 e. The van der Waals surface area contributed by atoms with E-state index in [0.29, 0.717) is 0 Å². The highest BCUT2D eigenvalue weighted by Crippen LogP contribution is 1.72. The van der Waals surface area contributed by atoms with Gasteiger partial charge in [-0.25, -0.2) is 0 Å². The summed E-state index contributed by atoms with van der Waals surface area (Å²) in [5, 5.41) is 2.94. The molecule has 0 amide bonds. The lowest BCUT2D eigenvalue weighted by molar-refractivity contribution is 1.96. The maximum absolute atomic E-state index is 3.67. The van der Waals surface area contributed by atoms with E-state index in [9.17, 15) is 0 Å². The first-order valence-electron chi connectivity index (χ1n) is 1.40. The summed E-state index contributed by atoms with van der Waals surface area (Å²) in [5.74, 6) is 3.67. The molecular formula is C4H8S. The third kappa shape index (κ3) is 3.87. The maximum Gasteiger partial charge on any atom is -0.00130 e. The molecule has 0 N–H and O–H groups in total. The van der Waals surface area contributed by atoms with Crippen LogP contribution in [0.4, 0.5) is 0 Å². The molecule has 0 fully saturated rings. The summed E-state index contributed by atoms with van der Waals surface area (Å²) in [5.41, 5.74) is 0. The molecule has 0 saturated heterocycles. The van der Waals surface area contributed by atoms with Gasteiger partial charge < -0.3 is 0 Å². The summed E-state index contributed by atoms with van der Waals surface area (Å²) in [7, 11) is 0.177. The first-order valence-corrected chi connectivity index (χ1v) is 3.20. The highest BCUT2D eigenvalue weighted by atomic mass is 32.2. The minimum atomic E-state index is 0.177. The normalized spacial score (nSPS) is 6.00. The van der Waals surface area contributed by atoms with Gasteiger partial charge in [0.05, 0.1) is 0 Å². The zero-order valence-corrected chi connectivity index (χ0v) is 4.43. The van der Waals surface area contributed by atoms with Crippen LogP contribution >= 0.6 is 9.89 Å². The topological polar surface area (TPSA) is 0 Å². The van der Waals surface area contributed by atoms with Gasteiger partial charge in [0.15, 0.2) is 0 Å². The van der Waals surface area contributed by atoms with E-state index in [0.717, 1.165) is 0 Å². The highest BCUT2D eigenvalue weighted by Gasteiger charge is 1.36. The van der Waals surface area contributed by atoms with Crippen molar-refractivity contribution in [2.24, 2.45) is 0 Å². The van der Waals surface area contributed by atoms with Crippen LogP contribution < -0.4 is 0 Å². The van der Waals surface area contributed by atoms with Crippen LogP contribution in [0.25, 0.3) is 0 Å². The van der Waals surface area contributed by atoms with Crippen LogP contribution in [-0.4, -0.2) is 12.1 Å². The van der Waals surface area contributed by atoms with Gasteiger partial charge in [-0.05, 0) is 13.2 Å². The van der Waals surface area contributed by atoms with Crippen molar-refractivity contribution in [3.8, 4) is 5.18 Å². The monoisotopic (exact) mass is 88.0 g/mol. The van der Waals surface area contributed by atoms with E-state index in [4.69, 9.17) is 0 Å². The van der Waals surface area contributed by atoms with Crippen LogP contribution in [0.2, 0.25) is 0 Å². The minimum absolute atomic E-state index is 0.177. The number of hydrogen-bond acceptors (Lipinski definition) is 0. The quantitative estimate of drug-likeness (QED) is 0.391. The summed E-state index contributed by atoms with van der Waals surface area (Å²) in [4.78, 5) is 0. The second kappa shape index (κ2) is 2.13. The third-order valence-corrected chi connectivity index (χ3v) is 1.05. The Morgan fingerprint density at radius 2 is 2.00 bits per heavy atom. The highest BCUT2D eigenvalue weighted by molar-refractivity contribution is 8.03. The summed E-state index contributed by atoms with van der Waals surface area (Å²) in [6.07, 6.45) is 2.03. The standard InChI is InChI=1S/C4H8S/c1-4-5(2)3/h2H2,1,3H3. The molecule has 0 saturated carbocycles. The Hall–Kier alpha value is -0.130. The molecular weight excluding hydrogens is 80.1 g/mol. The van der Waals surface area contributed by atoms with Crippen LogP contribution in [0.3, 0.4) is 0 Å². The van der Waals surface area contributed by atoms with E-state index in [1.54, 1.807) is 0 Å². The molecule has 0 aliphatic carbocycles. The van der Waals surface area contributed by atoms with Crippen LogP contribution in [0.15, 0.2) is 0 Å². The van der Waals surface area contributed by atoms with Gasteiger partial charge in [0.25, 0.3) is 0 Å². The number of rotatable bonds is 0. The van der Waals surface area contributed by atoms with Gasteiger partial charge in [-0.1, -0.05) is 5.87 Å². The van der Waals surface area contributed by atoms with Crippen molar-refractivity contribution < 1.29 is 0 Å². The second-order valence-electron chi connectivity index (χ2n) is 0.841. The van der Waals surface area contributed by atoms with E-state index >= 15 is 0 Å². The summed E-state index contributed by atoms with van der Waals surface area (Å²) in [6, 6.07) is 0. The fraction of sp³-hybridized carbons (Fsp3) is 0.500. The summed E-state index contributed by atoms with van der Waals surface area (Å²) in [6.45, 7) is 1.90. The number of hydrogen-bond donors (Lipinski definition) is 0. The maximum atomic E-state index is 3.67. The fourth-order valence-corrected chi connectivity index (χ4v) is 0. The van der Waals surface area contributed by atoms with E-state index in [1.165, 1.54) is 0 Å². The molecule has 0 aliphatic heterocycles. The van der Waals surface area contributed by atoms with Crippen molar-refractivity contribution in [1.29, 1.82) is 0 Å². The molecule has 0 nitrogen and oxygen atoms in total. The van der Waals surface area contributed by atoms with Crippen LogP contribution in [-0.2, 0) is 0 Å². The van der Waals surface area contributed by atoms with Crippen LogP contribution in [0.1, 0.15) is 6.92 Å². The Morgan fingerprint density at radius 1 is 1.80 bits per heavy atom. The zero-order valence-electron chi connectivity index (χ0n) is 3.62. The van der Waals surface area contributed by atoms with E-state index in [2.05, 4.69) is 11.1 Å². The smallest absolute Gasteiger partial charge is 0.00130 e. The van der Waals surface area contributed by atoms with Gasteiger partial charge >= 0.3 is 0 Å². The first-order chi connectivity index (χ1) is 2.27. The molecule has 0 atom stereocenters. The molecule has 5 heavy (non-hydrogen) atoms. The van der Waals surface area contributed by atoms with Crippen LogP contribution in [0.5, 0.6) is 0 Å². The van der Waals surface area contributed by atoms with Gasteiger partial charge in [0.1, 0.15) is 0 Å². The van der Waals surface area contributed by atoms with Crippen molar-refractivity contribution in [1.82, 2.24) is 0 Å². The van der Waals surface area contributed by atoms with Crippen molar-refractivity contribution in [2.45, 2.75) is 6.92 Å².